The van der Waals surface area contributed by atoms with Crippen molar-refractivity contribution >= 4 is 5.91 Å². The molecule has 0 saturated heterocycles. The van der Waals surface area contributed by atoms with Gasteiger partial charge in [0.2, 0.25) is 0 Å². The van der Waals surface area contributed by atoms with Gasteiger partial charge in [-0.25, -0.2) is 0 Å². The van der Waals surface area contributed by atoms with Gasteiger partial charge < -0.3 is 20.5 Å². The van der Waals surface area contributed by atoms with Crippen LogP contribution in [0.2, 0.25) is 0 Å². The number of carbonyl (C=O) groups excluding carboxylic acids is 1. The molecular formula is C16H26N2O3. The van der Waals surface area contributed by atoms with Gasteiger partial charge in [0.05, 0.1) is 6.61 Å². The molecule has 0 saturated carbocycles. The van der Waals surface area contributed by atoms with Crippen LogP contribution in [0.1, 0.15) is 38.7 Å². The SMILES string of the molecule is CCCCNC(=O)COc1cc(OCCC)ccc1CN. The van der Waals surface area contributed by atoms with Crippen LogP contribution in [-0.2, 0) is 11.3 Å². The Morgan fingerprint density at radius 2 is 2.05 bits per heavy atom. The molecule has 1 aromatic rings. The van der Waals surface area contributed by atoms with Crippen molar-refractivity contribution < 1.29 is 14.3 Å². The topological polar surface area (TPSA) is 73.6 Å². The number of hydrogen-bond donors (Lipinski definition) is 2. The third-order valence-electron chi connectivity index (χ3n) is 2.94. The Bertz CT molecular complexity index is 436. The molecule has 0 aliphatic carbocycles. The van der Waals surface area contributed by atoms with E-state index in [0.29, 0.717) is 25.4 Å². The molecule has 3 N–H and O–H groups in total. The summed E-state index contributed by atoms with van der Waals surface area (Å²) in [6.07, 6.45) is 2.96. The van der Waals surface area contributed by atoms with Crippen molar-refractivity contribution in [2.45, 2.75) is 39.7 Å². The summed E-state index contributed by atoms with van der Waals surface area (Å²) < 4.78 is 11.1. The minimum atomic E-state index is -0.119. The van der Waals surface area contributed by atoms with Gasteiger partial charge in [-0.3, -0.25) is 4.79 Å². The number of nitrogens with one attached hydrogen (secondary N) is 1. The van der Waals surface area contributed by atoms with Crippen molar-refractivity contribution in [1.29, 1.82) is 0 Å². The molecule has 5 nitrogen and oxygen atoms in total. The molecule has 0 radical (unpaired) electrons. The van der Waals surface area contributed by atoms with Gasteiger partial charge in [0.1, 0.15) is 11.5 Å². The predicted octanol–water partition coefficient (Wildman–Crippen LogP) is 2.23. The minimum absolute atomic E-state index is 0.00601. The normalized spacial score (nSPS) is 10.2. The van der Waals surface area contributed by atoms with Crippen LogP contribution in [0.15, 0.2) is 18.2 Å². The van der Waals surface area contributed by atoms with E-state index in [0.717, 1.165) is 30.6 Å². The van der Waals surface area contributed by atoms with Gasteiger partial charge in [0.15, 0.2) is 6.61 Å². The fourth-order valence-electron chi connectivity index (χ4n) is 1.75. The number of hydrogen-bond acceptors (Lipinski definition) is 4. The third kappa shape index (κ3) is 6.49. The number of amides is 1. The lowest BCUT2D eigenvalue weighted by Gasteiger charge is -2.13. The highest BCUT2D eigenvalue weighted by Crippen LogP contribution is 2.24. The fourth-order valence-corrected chi connectivity index (χ4v) is 1.75. The van der Waals surface area contributed by atoms with Crippen molar-refractivity contribution in [3.05, 3.63) is 23.8 Å². The number of rotatable bonds is 10. The smallest absolute Gasteiger partial charge is 0.257 e. The number of benzene rings is 1. The van der Waals surface area contributed by atoms with Gasteiger partial charge in [-0.1, -0.05) is 26.3 Å². The van der Waals surface area contributed by atoms with Gasteiger partial charge >= 0.3 is 0 Å². The highest BCUT2D eigenvalue weighted by Gasteiger charge is 2.08. The van der Waals surface area contributed by atoms with Crippen LogP contribution >= 0.6 is 0 Å². The molecule has 21 heavy (non-hydrogen) atoms. The molecule has 0 bridgehead atoms. The molecule has 5 heteroatoms. The molecule has 0 fully saturated rings. The average Bonchev–Trinajstić information content (AvgIpc) is 2.51. The maximum Gasteiger partial charge on any atom is 0.257 e. The van der Waals surface area contributed by atoms with E-state index < -0.39 is 0 Å². The minimum Gasteiger partial charge on any atom is -0.493 e. The van der Waals surface area contributed by atoms with Crippen molar-refractivity contribution in [2.75, 3.05) is 19.8 Å². The fraction of sp³-hybridized carbons (Fsp3) is 0.562. The number of carbonyl (C=O) groups is 1. The van der Waals surface area contributed by atoms with Crippen LogP contribution in [0.4, 0.5) is 0 Å². The Kier molecular flexibility index (Phi) is 8.28. The summed E-state index contributed by atoms with van der Waals surface area (Å²) in [5.74, 6) is 1.22. The molecule has 0 aliphatic rings. The first-order valence-corrected chi connectivity index (χ1v) is 7.56. The Morgan fingerprint density at radius 1 is 1.24 bits per heavy atom. The monoisotopic (exact) mass is 294 g/mol. The highest BCUT2D eigenvalue weighted by atomic mass is 16.5. The quantitative estimate of drug-likeness (QED) is 0.649. The number of nitrogens with two attached hydrogens (primary N) is 1. The van der Waals surface area contributed by atoms with E-state index >= 15 is 0 Å². The maximum atomic E-state index is 11.6. The van der Waals surface area contributed by atoms with Gasteiger partial charge in [-0.05, 0) is 18.9 Å². The first-order valence-electron chi connectivity index (χ1n) is 7.56. The molecule has 0 heterocycles. The lowest BCUT2D eigenvalue weighted by atomic mass is 10.2. The molecule has 0 atom stereocenters. The zero-order chi connectivity index (χ0) is 15.5. The second-order valence-corrected chi connectivity index (χ2v) is 4.81. The summed E-state index contributed by atoms with van der Waals surface area (Å²) >= 11 is 0. The van der Waals surface area contributed by atoms with E-state index in [2.05, 4.69) is 12.2 Å². The summed E-state index contributed by atoms with van der Waals surface area (Å²) in [7, 11) is 0. The molecule has 1 rings (SSSR count). The molecular weight excluding hydrogens is 268 g/mol. The second kappa shape index (κ2) is 10.0. The van der Waals surface area contributed by atoms with E-state index in [4.69, 9.17) is 15.2 Å². The van der Waals surface area contributed by atoms with Gasteiger partial charge in [0, 0.05) is 24.7 Å². The lowest BCUT2D eigenvalue weighted by molar-refractivity contribution is -0.123. The second-order valence-electron chi connectivity index (χ2n) is 4.81. The summed E-state index contributed by atoms with van der Waals surface area (Å²) in [5.41, 5.74) is 6.55. The number of ether oxygens (including phenoxy) is 2. The maximum absolute atomic E-state index is 11.6. The van der Waals surface area contributed by atoms with Crippen molar-refractivity contribution in [3.63, 3.8) is 0 Å². The molecule has 1 amide bonds. The predicted molar refractivity (Wildman–Crippen MR) is 83.5 cm³/mol. The van der Waals surface area contributed by atoms with E-state index in [1.807, 2.05) is 19.1 Å². The Hall–Kier alpha value is -1.75. The van der Waals surface area contributed by atoms with Crippen LogP contribution in [-0.4, -0.2) is 25.7 Å². The first-order chi connectivity index (χ1) is 10.2. The van der Waals surface area contributed by atoms with Crippen molar-refractivity contribution in [1.82, 2.24) is 5.32 Å². The first kappa shape index (κ1) is 17.3. The molecule has 118 valence electrons. The van der Waals surface area contributed by atoms with Crippen LogP contribution in [0.5, 0.6) is 11.5 Å². The van der Waals surface area contributed by atoms with E-state index in [-0.39, 0.29) is 12.5 Å². The van der Waals surface area contributed by atoms with Gasteiger partial charge in [-0.15, -0.1) is 0 Å². The lowest BCUT2D eigenvalue weighted by Crippen LogP contribution is -2.29. The Morgan fingerprint density at radius 3 is 2.71 bits per heavy atom. The molecule has 0 spiro atoms. The average molecular weight is 294 g/mol. The van der Waals surface area contributed by atoms with Crippen LogP contribution in [0, 0.1) is 0 Å². The summed E-state index contributed by atoms with van der Waals surface area (Å²) in [4.78, 5) is 11.6. The largest absolute Gasteiger partial charge is 0.493 e. The molecule has 0 aromatic heterocycles. The Balaban J connectivity index is 2.56. The zero-order valence-corrected chi connectivity index (χ0v) is 13.0. The highest BCUT2D eigenvalue weighted by molar-refractivity contribution is 5.77. The van der Waals surface area contributed by atoms with Crippen molar-refractivity contribution in [2.24, 2.45) is 5.73 Å². The Labute approximate surface area is 126 Å². The third-order valence-corrected chi connectivity index (χ3v) is 2.94. The molecule has 0 aliphatic heterocycles. The summed E-state index contributed by atoms with van der Waals surface area (Å²) in [6, 6.07) is 5.53. The van der Waals surface area contributed by atoms with Crippen LogP contribution in [0.3, 0.4) is 0 Å². The summed E-state index contributed by atoms with van der Waals surface area (Å²) in [6.45, 7) is 5.82. The van der Waals surface area contributed by atoms with E-state index in [9.17, 15) is 4.79 Å². The number of unbranched alkanes of at least 4 members (excludes halogenated alkanes) is 1. The summed E-state index contributed by atoms with van der Waals surface area (Å²) in [5, 5.41) is 2.81. The zero-order valence-electron chi connectivity index (χ0n) is 13.0. The van der Waals surface area contributed by atoms with E-state index in [1.54, 1.807) is 6.07 Å². The van der Waals surface area contributed by atoms with Crippen LogP contribution < -0.4 is 20.5 Å². The van der Waals surface area contributed by atoms with E-state index in [1.165, 1.54) is 0 Å². The van der Waals surface area contributed by atoms with Crippen molar-refractivity contribution in [3.8, 4) is 11.5 Å². The molecule has 1 aromatic carbocycles. The molecule has 0 unspecified atom stereocenters. The van der Waals surface area contributed by atoms with Gasteiger partial charge in [-0.2, -0.15) is 0 Å². The standard InChI is InChI=1S/C16H26N2O3/c1-3-5-8-18-16(19)12-21-15-10-14(20-9-4-2)7-6-13(15)11-17/h6-7,10H,3-5,8-9,11-12,17H2,1-2H3,(H,18,19). The van der Waals surface area contributed by atoms with Crippen LogP contribution in [0.25, 0.3) is 0 Å². The van der Waals surface area contributed by atoms with Gasteiger partial charge in [0.25, 0.3) is 5.91 Å².